The third-order valence-electron chi connectivity index (χ3n) is 5.76. The van der Waals surface area contributed by atoms with E-state index in [0.717, 1.165) is 19.4 Å². The number of rotatable bonds is 7. The minimum absolute atomic E-state index is 0.0461. The molecule has 2 rings (SSSR count). The maximum Gasteiger partial charge on any atom is 0.0570 e. The summed E-state index contributed by atoms with van der Waals surface area (Å²) >= 11 is 0. The Hall–Kier alpha value is -0.120. The molecule has 0 saturated carbocycles. The molecule has 2 fully saturated rings. The van der Waals surface area contributed by atoms with Gasteiger partial charge in [-0.25, -0.2) is 0 Å². The molecule has 2 aliphatic rings. The summed E-state index contributed by atoms with van der Waals surface area (Å²) in [5.74, 6) is 0. The van der Waals surface area contributed by atoms with E-state index in [0.29, 0.717) is 23.5 Å². The summed E-state index contributed by atoms with van der Waals surface area (Å²) in [7, 11) is 0. The Bertz CT molecular complexity index is 287. The van der Waals surface area contributed by atoms with Gasteiger partial charge in [0.2, 0.25) is 0 Å². The molecule has 2 aliphatic heterocycles. The van der Waals surface area contributed by atoms with Crippen molar-refractivity contribution < 1.29 is 5.11 Å². The average molecular weight is 282 g/mol. The molecule has 2 heterocycles. The minimum Gasteiger partial charge on any atom is -0.393 e. The quantitative estimate of drug-likeness (QED) is 0.754. The summed E-state index contributed by atoms with van der Waals surface area (Å²) < 4.78 is 0. The first-order chi connectivity index (χ1) is 9.49. The highest BCUT2D eigenvalue weighted by molar-refractivity contribution is 4.98. The highest BCUT2D eigenvalue weighted by atomic mass is 16.3. The fourth-order valence-corrected chi connectivity index (χ4v) is 4.09. The lowest BCUT2D eigenvalue weighted by molar-refractivity contribution is 0.00680. The maximum atomic E-state index is 9.96. The van der Waals surface area contributed by atoms with E-state index >= 15 is 0 Å². The standard InChI is InChI=1S/C17H34N2O/c1-5-17(6-2,11-18-13(3)4)12-19-14-7-8-15(19)10-16(20)9-14/h13-16,18,20H,5-12H2,1-4H3. The molecule has 2 saturated heterocycles. The number of aliphatic hydroxyl groups excluding tert-OH is 1. The first-order valence-corrected chi connectivity index (χ1v) is 8.67. The predicted octanol–water partition coefficient (Wildman–Crippen LogP) is 2.78. The number of fused-ring (bicyclic) bond motifs is 2. The van der Waals surface area contributed by atoms with Crippen LogP contribution in [-0.4, -0.2) is 47.3 Å². The van der Waals surface area contributed by atoms with Crippen molar-refractivity contribution in [3.63, 3.8) is 0 Å². The van der Waals surface area contributed by atoms with Crippen LogP contribution in [0.25, 0.3) is 0 Å². The fourth-order valence-electron chi connectivity index (χ4n) is 4.09. The van der Waals surface area contributed by atoms with Crippen LogP contribution >= 0.6 is 0 Å². The van der Waals surface area contributed by atoms with Crippen LogP contribution < -0.4 is 5.32 Å². The van der Waals surface area contributed by atoms with Gasteiger partial charge in [0.25, 0.3) is 0 Å². The number of hydrogen-bond acceptors (Lipinski definition) is 3. The first kappa shape index (κ1) is 16.3. The number of piperidine rings is 1. The molecule has 2 bridgehead atoms. The Morgan fingerprint density at radius 3 is 2.15 bits per heavy atom. The van der Waals surface area contributed by atoms with Crippen LogP contribution in [0.3, 0.4) is 0 Å². The zero-order valence-corrected chi connectivity index (χ0v) is 13.9. The molecule has 0 amide bonds. The topological polar surface area (TPSA) is 35.5 Å². The number of aliphatic hydroxyl groups is 1. The smallest absolute Gasteiger partial charge is 0.0570 e. The molecule has 2 N–H and O–H groups in total. The molecule has 118 valence electrons. The number of nitrogens with one attached hydrogen (secondary N) is 1. The molecule has 0 aromatic rings. The molecule has 2 atom stereocenters. The molecule has 3 heteroatoms. The van der Waals surface area contributed by atoms with Crippen LogP contribution in [0.15, 0.2) is 0 Å². The summed E-state index contributed by atoms with van der Waals surface area (Å²) in [6.45, 7) is 11.5. The zero-order chi connectivity index (χ0) is 14.8. The molecular weight excluding hydrogens is 248 g/mol. The van der Waals surface area contributed by atoms with E-state index in [1.165, 1.54) is 32.2 Å². The normalized spacial score (nSPS) is 31.2. The monoisotopic (exact) mass is 282 g/mol. The second-order valence-electron chi connectivity index (χ2n) is 7.43. The van der Waals surface area contributed by atoms with Gasteiger partial charge in [-0.05, 0) is 43.9 Å². The minimum atomic E-state index is -0.0461. The van der Waals surface area contributed by atoms with Crippen LogP contribution in [-0.2, 0) is 0 Å². The van der Waals surface area contributed by atoms with Gasteiger partial charge in [0.15, 0.2) is 0 Å². The van der Waals surface area contributed by atoms with Gasteiger partial charge in [0.05, 0.1) is 6.10 Å². The Labute approximate surface area is 125 Å². The SMILES string of the molecule is CCC(CC)(CNC(C)C)CN1C2CCC1CC(O)C2. The molecule has 3 nitrogen and oxygen atoms in total. The Morgan fingerprint density at radius 1 is 1.15 bits per heavy atom. The van der Waals surface area contributed by atoms with Crippen LogP contribution in [0.4, 0.5) is 0 Å². The molecule has 2 unspecified atom stereocenters. The third-order valence-corrected chi connectivity index (χ3v) is 5.76. The van der Waals surface area contributed by atoms with E-state index in [1.807, 2.05) is 0 Å². The van der Waals surface area contributed by atoms with E-state index < -0.39 is 0 Å². The van der Waals surface area contributed by atoms with Gasteiger partial charge in [-0.2, -0.15) is 0 Å². The summed E-state index contributed by atoms with van der Waals surface area (Å²) in [6, 6.07) is 1.84. The van der Waals surface area contributed by atoms with E-state index in [9.17, 15) is 5.11 Å². The first-order valence-electron chi connectivity index (χ1n) is 8.67. The Balaban J connectivity index is 2.01. The van der Waals surface area contributed by atoms with Crippen LogP contribution in [0.5, 0.6) is 0 Å². The van der Waals surface area contributed by atoms with Gasteiger partial charge in [-0.3, -0.25) is 4.90 Å². The summed E-state index contributed by atoms with van der Waals surface area (Å²) in [4.78, 5) is 2.74. The van der Waals surface area contributed by atoms with Gasteiger partial charge in [-0.1, -0.05) is 27.7 Å². The second kappa shape index (κ2) is 6.76. The van der Waals surface area contributed by atoms with Crippen molar-refractivity contribution >= 4 is 0 Å². The van der Waals surface area contributed by atoms with Gasteiger partial charge in [0, 0.05) is 31.2 Å². The lowest BCUT2D eigenvalue weighted by Gasteiger charge is -2.44. The molecule has 0 aromatic carbocycles. The Morgan fingerprint density at radius 2 is 1.70 bits per heavy atom. The van der Waals surface area contributed by atoms with Crippen molar-refractivity contribution in [3.8, 4) is 0 Å². The molecule has 0 aliphatic carbocycles. The van der Waals surface area contributed by atoms with E-state index in [2.05, 4.69) is 37.9 Å². The van der Waals surface area contributed by atoms with E-state index in [-0.39, 0.29) is 6.10 Å². The third kappa shape index (κ3) is 3.55. The van der Waals surface area contributed by atoms with Crippen LogP contribution in [0.2, 0.25) is 0 Å². The number of hydrogen-bond donors (Lipinski definition) is 2. The van der Waals surface area contributed by atoms with Crippen molar-refractivity contribution in [2.75, 3.05) is 13.1 Å². The largest absolute Gasteiger partial charge is 0.393 e. The van der Waals surface area contributed by atoms with Crippen molar-refractivity contribution in [2.45, 2.75) is 90.4 Å². The van der Waals surface area contributed by atoms with Gasteiger partial charge >= 0.3 is 0 Å². The molecule has 0 aromatic heterocycles. The molecule has 20 heavy (non-hydrogen) atoms. The average Bonchev–Trinajstić information content (AvgIpc) is 2.65. The van der Waals surface area contributed by atoms with Gasteiger partial charge < -0.3 is 10.4 Å². The maximum absolute atomic E-state index is 9.96. The van der Waals surface area contributed by atoms with Crippen LogP contribution in [0, 0.1) is 5.41 Å². The van der Waals surface area contributed by atoms with Crippen molar-refractivity contribution in [3.05, 3.63) is 0 Å². The summed E-state index contributed by atoms with van der Waals surface area (Å²) in [5, 5.41) is 13.6. The zero-order valence-electron chi connectivity index (χ0n) is 13.9. The highest BCUT2D eigenvalue weighted by Gasteiger charge is 2.43. The molecular formula is C17H34N2O. The Kier molecular flexibility index (Phi) is 5.49. The lowest BCUT2D eigenvalue weighted by Crippen LogP contribution is -2.52. The van der Waals surface area contributed by atoms with Crippen molar-refractivity contribution in [1.29, 1.82) is 0 Å². The van der Waals surface area contributed by atoms with Crippen molar-refractivity contribution in [2.24, 2.45) is 5.41 Å². The van der Waals surface area contributed by atoms with Gasteiger partial charge in [-0.15, -0.1) is 0 Å². The fraction of sp³-hybridized carbons (Fsp3) is 1.00. The molecule has 0 spiro atoms. The van der Waals surface area contributed by atoms with Crippen molar-refractivity contribution in [1.82, 2.24) is 10.2 Å². The second-order valence-corrected chi connectivity index (χ2v) is 7.43. The number of nitrogens with zero attached hydrogens (tertiary/aromatic N) is 1. The highest BCUT2D eigenvalue weighted by Crippen LogP contribution is 2.39. The van der Waals surface area contributed by atoms with Crippen LogP contribution in [0.1, 0.15) is 66.2 Å². The summed E-state index contributed by atoms with van der Waals surface area (Å²) in [6.07, 6.45) is 7.01. The molecule has 0 radical (unpaired) electrons. The lowest BCUT2D eigenvalue weighted by atomic mass is 9.80. The van der Waals surface area contributed by atoms with E-state index in [1.54, 1.807) is 0 Å². The van der Waals surface area contributed by atoms with Gasteiger partial charge in [0.1, 0.15) is 0 Å². The summed E-state index contributed by atoms with van der Waals surface area (Å²) in [5.41, 5.74) is 0.396. The van der Waals surface area contributed by atoms with E-state index in [4.69, 9.17) is 0 Å². The predicted molar refractivity (Wildman–Crippen MR) is 84.9 cm³/mol.